The summed E-state index contributed by atoms with van der Waals surface area (Å²) < 4.78 is 28.8. The molecule has 1 aliphatic heterocycles. The Labute approximate surface area is 527 Å². The van der Waals surface area contributed by atoms with E-state index in [2.05, 4.69) is 26.1 Å². The second-order valence-electron chi connectivity index (χ2n) is 30.6. The van der Waals surface area contributed by atoms with E-state index in [0.717, 1.165) is 62.7 Å². The molecule has 10 bridgehead atoms. The van der Waals surface area contributed by atoms with Crippen molar-refractivity contribution in [1.29, 1.82) is 0 Å². The third-order valence-corrected chi connectivity index (χ3v) is 22.1. The lowest BCUT2D eigenvalue weighted by Gasteiger charge is -2.61. The second kappa shape index (κ2) is 29.6. The molecule has 0 aromatic rings. The maximum atomic E-state index is 12.6. The van der Waals surface area contributed by atoms with Crippen LogP contribution in [0.15, 0.2) is 0 Å². The molecule has 2 amide bonds. The van der Waals surface area contributed by atoms with Gasteiger partial charge in [-0.3, -0.25) is 38.9 Å². The number of aliphatic hydroxyl groups is 1. The molecule has 7 atom stereocenters. The monoisotopic (exact) mass is 1220 g/mol. The van der Waals surface area contributed by atoms with E-state index in [1.807, 2.05) is 90.0 Å². The van der Waals surface area contributed by atoms with Crippen molar-refractivity contribution in [3.63, 3.8) is 0 Å². The van der Waals surface area contributed by atoms with E-state index in [1.54, 1.807) is 0 Å². The number of rotatable bonds is 15. The molecule has 7 unspecified atom stereocenters. The fourth-order valence-corrected chi connectivity index (χ4v) is 15.7. The molecule has 0 aromatic heterocycles. The van der Waals surface area contributed by atoms with Crippen LogP contribution in [-0.4, -0.2) is 81.4 Å². The van der Waals surface area contributed by atoms with Crippen LogP contribution in [0.25, 0.3) is 0 Å². The number of fused-ring (bicyclic) bond motifs is 1. The van der Waals surface area contributed by atoms with Crippen LogP contribution in [-0.2, 0) is 57.2 Å². The smallest absolute Gasteiger partial charge is 0.322 e. The van der Waals surface area contributed by atoms with Gasteiger partial charge < -0.3 is 28.8 Å². The molecule has 86 heavy (non-hydrogen) atoms. The molecule has 14 heteroatoms. The first-order valence-electron chi connectivity index (χ1n) is 30.5. The summed E-state index contributed by atoms with van der Waals surface area (Å²) >= 11 is 0. The average Bonchev–Trinajstić information content (AvgIpc) is 1.43. The van der Waals surface area contributed by atoms with Crippen LogP contribution in [0.1, 0.15) is 306 Å². The highest BCUT2D eigenvalue weighted by Crippen LogP contribution is 2.66. The fraction of sp³-hybridized carbons (Fsp3) is 0.903. The molecule has 11 aliphatic carbocycles. The Morgan fingerprint density at radius 1 is 0.547 bits per heavy atom. The van der Waals surface area contributed by atoms with Crippen LogP contribution in [0.5, 0.6) is 0 Å². The first-order chi connectivity index (χ1) is 35.9. The lowest BCUT2D eigenvalue weighted by molar-refractivity contribution is -0.225. The summed E-state index contributed by atoms with van der Waals surface area (Å²) in [6.45, 7) is 33.1. The molecular formula is C72H135NO13. The quantitative estimate of drug-likeness (QED) is 0.0893. The van der Waals surface area contributed by atoms with Crippen LogP contribution in [0.2, 0.25) is 0 Å². The molecule has 0 aromatic carbocycles. The first-order valence-corrected chi connectivity index (χ1v) is 30.5. The SMILES string of the molecule is C.C.C.C.C.C.C.C.CCC(C)(C)C(=O)OC(C)(C)C12CC3CC(CC(C3)C1)C2.CCC(C)(C)C(=O)OC(C)(C)C1CC1.CCC(C)(C)C(=O)OC12CC3CC(CC(O)(C3)C1)C2.CCC(C)(C)C(=O)OC1C2CC3C1OC(=O)C3(C(=O)NC(C)=O)C2. The van der Waals surface area contributed by atoms with Crippen molar-refractivity contribution in [3.8, 4) is 0 Å². The number of amides is 2. The van der Waals surface area contributed by atoms with Crippen molar-refractivity contribution >= 4 is 41.7 Å². The Morgan fingerprint density at radius 2 is 0.953 bits per heavy atom. The zero-order chi connectivity index (χ0) is 58.2. The van der Waals surface area contributed by atoms with E-state index in [-0.39, 0.29) is 135 Å². The predicted molar refractivity (Wildman–Crippen MR) is 349 cm³/mol. The highest BCUT2D eigenvalue weighted by molar-refractivity contribution is 6.10. The molecular weight excluding hydrogens is 1090 g/mol. The Kier molecular flexibility index (Phi) is 29.1. The van der Waals surface area contributed by atoms with Gasteiger partial charge in [-0.2, -0.15) is 0 Å². The lowest BCUT2D eigenvalue weighted by Crippen LogP contribution is -2.61. The third-order valence-electron chi connectivity index (χ3n) is 22.1. The fourth-order valence-electron chi connectivity index (χ4n) is 15.7. The summed E-state index contributed by atoms with van der Waals surface area (Å²) in [6, 6.07) is 0. The number of carbonyl (C=O) groups excluding carboxylic acids is 7. The number of carbonyl (C=O) groups is 7. The third kappa shape index (κ3) is 16.9. The van der Waals surface area contributed by atoms with Crippen molar-refractivity contribution in [2.45, 2.75) is 340 Å². The molecule has 1 heterocycles. The number of ether oxygens (including phenoxy) is 5. The standard InChI is InChI=1S/C19H32O2.C17H23NO6.C16H26O3.C12H22O2.8CH4/c1-6-17(2,3)16(20)21-18(4,5)19-10-13-7-14(11-19)9-15(8-13)12-19;1-5-16(3,4)14(21)23-11-9-6-10-12(11)24-15(22)17(10,7-9)13(20)18-8(2)19;1-4-14(2,3)13(17)19-16-8-11-5-12(9-16)7-15(18,6-11)10-16;1-6-11(2,3)10(13)14-12(4,5)9-7-8-9;;;;;;;;/h13-15H,6-12H2,1-5H3;9-12H,5-7H2,1-4H3,(H,18,19,20);11-12,18H,4-10H2,1-3H3;9H,6-8H2,1-5H3;8*1H4. The summed E-state index contributed by atoms with van der Waals surface area (Å²) in [5.41, 5.74) is -4.25. The summed E-state index contributed by atoms with van der Waals surface area (Å²) in [4.78, 5) is 85.2. The van der Waals surface area contributed by atoms with Gasteiger partial charge in [0.2, 0.25) is 11.8 Å². The van der Waals surface area contributed by atoms with Crippen LogP contribution in [0, 0.1) is 79.8 Å². The molecule has 1 saturated heterocycles. The maximum Gasteiger partial charge on any atom is 0.322 e. The minimum Gasteiger partial charge on any atom is -0.459 e. The highest BCUT2D eigenvalue weighted by atomic mass is 16.6. The van der Waals surface area contributed by atoms with Gasteiger partial charge in [-0.25, -0.2) is 0 Å². The van der Waals surface area contributed by atoms with Gasteiger partial charge in [0.1, 0.15) is 29.0 Å². The summed E-state index contributed by atoms with van der Waals surface area (Å²) in [5.74, 6) is 1.80. The van der Waals surface area contributed by atoms with E-state index in [1.165, 1.54) is 64.7 Å². The minimum atomic E-state index is -1.30. The molecule has 11 saturated carbocycles. The van der Waals surface area contributed by atoms with Gasteiger partial charge >= 0.3 is 29.8 Å². The van der Waals surface area contributed by atoms with Gasteiger partial charge in [0.15, 0.2) is 5.41 Å². The number of nitrogens with one attached hydrogen (secondary N) is 1. The maximum absolute atomic E-state index is 12.6. The van der Waals surface area contributed by atoms with Crippen molar-refractivity contribution in [2.24, 2.45) is 79.8 Å². The van der Waals surface area contributed by atoms with Crippen LogP contribution in [0.3, 0.4) is 0 Å². The Morgan fingerprint density at radius 3 is 1.36 bits per heavy atom. The van der Waals surface area contributed by atoms with Crippen LogP contribution >= 0.6 is 0 Å². The molecule has 2 N–H and O–H groups in total. The van der Waals surface area contributed by atoms with Crippen molar-refractivity contribution in [1.82, 2.24) is 5.32 Å². The largest absolute Gasteiger partial charge is 0.459 e. The van der Waals surface area contributed by atoms with Gasteiger partial charge in [0.05, 0.1) is 27.3 Å². The van der Waals surface area contributed by atoms with Gasteiger partial charge in [0.25, 0.3) is 0 Å². The van der Waals surface area contributed by atoms with Gasteiger partial charge in [-0.15, -0.1) is 0 Å². The van der Waals surface area contributed by atoms with Crippen molar-refractivity contribution in [2.75, 3.05) is 0 Å². The number of esters is 5. The minimum absolute atomic E-state index is 0. The number of hydrogen-bond acceptors (Lipinski definition) is 13. The zero-order valence-electron chi connectivity index (χ0n) is 51.3. The van der Waals surface area contributed by atoms with Gasteiger partial charge in [0, 0.05) is 30.6 Å². The zero-order valence-corrected chi connectivity index (χ0v) is 51.3. The van der Waals surface area contributed by atoms with E-state index >= 15 is 0 Å². The predicted octanol–water partition coefficient (Wildman–Crippen LogP) is 17.2. The van der Waals surface area contributed by atoms with Crippen molar-refractivity contribution < 1.29 is 62.4 Å². The van der Waals surface area contributed by atoms with E-state index in [4.69, 9.17) is 23.7 Å². The Bertz CT molecular complexity index is 2260. The topological polar surface area (TPSA) is 198 Å². The van der Waals surface area contributed by atoms with E-state index < -0.39 is 51.8 Å². The summed E-state index contributed by atoms with van der Waals surface area (Å²) in [5, 5.41) is 12.9. The Hall–Kier alpha value is -3.55. The number of imide groups is 1. The lowest BCUT2D eigenvalue weighted by atomic mass is 9.46. The van der Waals surface area contributed by atoms with Gasteiger partial charge in [-0.05, 0) is 241 Å². The molecule has 0 radical (unpaired) electrons. The summed E-state index contributed by atoms with van der Waals surface area (Å²) in [6.07, 6.45) is 19.1. The van der Waals surface area contributed by atoms with E-state index in [9.17, 15) is 38.7 Å². The molecule has 12 aliphatic rings. The molecule has 506 valence electrons. The normalized spacial score (nSPS) is 32.3. The summed E-state index contributed by atoms with van der Waals surface area (Å²) in [7, 11) is 0. The van der Waals surface area contributed by atoms with E-state index in [0.29, 0.717) is 37.0 Å². The molecule has 0 spiro atoms. The molecule has 14 nitrogen and oxygen atoms in total. The highest BCUT2D eigenvalue weighted by Gasteiger charge is 2.75. The van der Waals surface area contributed by atoms with Crippen LogP contribution < -0.4 is 5.32 Å². The van der Waals surface area contributed by atoms with Gasteiger partial charge in [-0.1, -0.05) is 87.1 Å². The van der Waals surface area contributed by atoms with Crippen LogP contribution in [0.4, 0.5) is 0 Å². The average molecular weight is 1220 g/mol. The number of hydrogen-bond donors (Lipinski definition) is 2. The molecule has 12 fully saturated rings. The first kappa shape index (κ1) is 84.5. The van der Waals surface area contributed by atoms with Crippen molar-refractivity contribution in [3.05, 3.63) is 0 Å². The second-order valence-corrected chi connectivity index (χ2v) is 30.6. The Balaban J connectivity index is 0. The molecule has 12 rings (SSSR count).